The summed E-state index contributed by atoms with van der Waals surface area (Å²) in [6.07, 6.45) is 0. The van der Waals surface area contributed by atoms with Crippen LogP contribution in [0.3, 0.4) is 0 Å². The van der Waals surface area contributed by atoms with E-state index < -0.39 is 0 Å². The van der Waals surface area contributed by atoms with E-state index in [1.807, 2.05) is 29.3 Å². The summed E-state index contributed by atoms with van der Waals surface area (Å²) in [6, 6.07) is 0. The van der Waals surface area contributed by atoms with Gasteiger partial charge in [-0.05, 0) is 0 Å². The topological polar surface area (TPSA) is 0 Å². The standard InChI is InChI=1S/2Al.H2S.2S/h;;1H2;;/p-1. The zero-order valence-electron chi connectivity index (χ0n) is 2.42. The molecule has 0 heterocycles. The van der Waals surface area contributed by atoms with Crippen LogP contribution in [0, 0.1) is 0 Å². The van der Waals surface area contributed by atoms with Crippen molar-refractivity contribution in [2.24, 2.45) is 0 Å². The Hall–Kier alpha value is 1.85. The van der Waals surface area contributed by atoms with Gasteiger partial charge in [-0.15, -0.1) is 0 Å². The van der Waals surface area contributed by atoms with Gasteiger partial charge in [0.25, 0.3) is 0 Å². The molecule has 5 heteroatoms. The number of thiol groups is 1. The molecule has 0 fully saturated rings. The van der Waals surface area contributed by atoms with E-state index in [9.17, 15) is 0 Å². The van der Waals surface area contributed by atoms with Crippen LogP contribution in [0.5, 0.6) is 0 Å². The van der Waals surface area contributed by atoms with Crippen molar-refractivity contribution in [3.05, 3.63) is 0 Å². The number of hydrogen-bond acceptors (Lipinski definition) is 3. The first kappa shape index (κ1) is 15.8. The van der Waals surface area contributed by atoms with Crippen molar-refractivity contribution < 1.29 is 0 Å². The summed E-state index contributed by atoms with van der Waals surface area (Å²) in [7, 11) is 8.00. The van der Waals surface area contributed by atoms with Crippen molar-refractivity contribution in [3.63, 3.8) is 0 Å². The van der Waals surface area contributed by atoms with Gasteiger partial charge in [-0.25, -0.2) is 0 Å². The van der Waals surface area contributed by atoms with Crippen molar-refractivity contribution in [1.29, 1.82) is 0 Å². The van der Waals surface area contributed by atoms with Crippen molar-refractivity contribution in [2.75, 3.05) is 0 Å². The molecule has 0 unspecified atom stereocenters. The van der Waals surface area contributed by atoms with Crippen LogP contribution >= 0.6 is 21.0 Å². The monoisotopic (exact) mass is 151 g/mol. The van der Waals surface area contributed by atoms with E-state index in [4.69, 9.17) is 0 Å². The molecule has 0 atom stereocenters. The van der Waals surface area contributed by atoms with Crippen molar-refractivity contribution in [2.45, 2.75) is 0 Å². The number of hydrogen-bond donors (Lipinski definition) is 0. The Bertz CT molecular complexity index is 6.85. The SMILES string of the molecule is [Al]=[S].[Al]=[S].[SH-]. The van der Waals surface area contributed by atoms with E-state index in [1.165, 1.54) is 0 Å². The molecule has 0 aromatic heterocycles. The van der Waals surface area contributed by atoms with Gasteiger partial charge in [0.15, 0.2) is 0 Å². The molecule has 0 aliphatic rings. The van der Waals surface area contributed by atoms with Crippen LogP contribution in [-0.4, -0.2) is 29.3 Å². The van der Waals surface area contributed by atoms with Gasteiger partial charge in [0.2, 0.25) is 0 Å². The summed E-state index contributed by atoms with van der Waals surface area (Å²) >= 11 is 4.00. The van der Waals surface area contributed by atoms with Gasteiger partial charge in [-0.1, -0.05) is 0 Å². The fraction of sp³-hybridized carbons (Fsp3) is 0. The Kier molecular flexibility index (Phi) is 127. The van der Waals surface area contributed by atoms with Gasteiger partial charge < -0.3 is 13.5 Å². The normalized spacial score (nSPS) is 1.20. The Morgan fingerprint density at radius 3 is 0.800 bits per heavy atom. The molecule has 0 aliphatic carbocycles. The fourth-order valence-electron chi connectivity index (χ4n) is 0. The van der Waals surface area contributed by atoms with E-state index >= 15 is 0 Å². The first-order valence-corrected chi connectivity index (χ1v) is 4.24. The van der Waals surface area contributed by atoms with E-state index in [1.54, 1.807) is 0 Å². The predicted octanol–water partition coefficient (Wildman–Crippen LogP) is 0.265. The number of rotatable bonds is 0. The molecule has 0 amide bonds. The molecule has 0 aliphatic heterocycles. The zero-order valence-corrected chi connectivity index (χ0v) is 7.26. The molecule has 0 N–H and O–H groups in total. The third-order valence-corrected chi connectivity index (χ3v) is 0. The van der Waals surface area contributed by atoms with Gasteiger partial charge >= 0.3 is 50.3 Å². The minimum atomic E-state index is 0. The van der Waals surface area contributed by atoms with Crippen LogP contribution in [0.25, 0.3) is 0 Å². The van der Waals surface area contributed by atoms with Gasteiger partial charge in [0.1, 0.15) is 0 Å². The predicted molar refractivity (Wildman–Crippen MR) is 35.5 cm³/mol. The van der Waals surface area contributed by atoms with E-state index in [-0.39, 0.29) is 13.5 Å². The average Bonchev–Trinajstić information content (AvgIpc) is 1.50. The molecule has 0 saturated carbocycles. The Morgan fingerprint density at radius 1 is 0.800 bits per heavy atom. The summed E-state index contributed by atoms with van der Waals surface area (Å²) < 4.78 is 0. The van der Waals surface area contributed by atoms with Crippen LogP contribution in [-0.2, 0) is 13.5 Å². The maximum absolute atomic E-state index is 4.00. The van der Waals surface area contributed by atoms with Gasteiger partial charge in [0.05, 0.1) is 0 Å². The second-order valence-corrected chi connectivity index (χ2v) is 0. The van der Waals surface area contributed by atoms with E-state index in [2.05, 4.69) is 21.0 Å². The van der Waals surface area contributed by atoms with E-state index in [0.717, 1.165) is 0 Å². The summed E-state index contributed by atoms with van der Waals surface area (Å²) in [5.74, 6) is 0. The summed E-state index contributed by atoms with van der Waals surface area (Å²) in [4.78, 5) is 0. The second kappa shape index (κ2) is 40.1. The van der Waals surface area contributed by atoms with Gasteiger partial charge in [-0.2, -0.15) is 0 Å². The maximum atomic E-state index is 4.00. The largest absolute Gasteiger partial charge is 0.813 e. The third-order valence-electron chi connectivity index (χ3n) is 0. The molecule has 0 aromatic carbocycles. The first-order valence-electron chi connectivity index (χ1n) is 0.471. The average molecular weight is 151 g/mol. The maximum Gasteiger partial charge on any atom is -0.813 e. The van der Waals surface area contributed by atoms with E-state index in [0.29, 0.717) is 0 Å². The minimum absolute atomic E-state index is 0. The summed E-state index contributed by atoms with van der Waals surface area (Å²) in [5.41, 5.74) is 0. The van der Waals surface area contributed by atoms with Crippen LogP contribution in [0.2, 0.25) is 0 Å². The quantitative estimate of drug-likeness (QED) is 0.277. The molecular weight excluding hydrogens is 150 g/mol. The molecule has 0 bridgehead atoms. The van der Waals surface area contributed by atoms with Gasteiger partial charge in [0, 0.05) is 0 Å². The van der Waals surface area contributed by atoms with Crippen LogP contribution in [0.4, 0.5) is 0 Å². The molecule has 2 radical (unpaired) electrons. The Balaban J connectivity index is -0.0000000133. The summed E-state index contributed by atoms with van der Waals surface area (Å²) in [5, 5.41) is 0. The molecule has 26 valence electrons. The van der Waals surface area contributed by atoms with Crippen molar-refractivity contribution in [1.82, 2.24) is 0 Å². The van der Waals surface area contributed by atoms with Crippen LogP contribution < -0.4 is 0 Å². The van der Waals surface area contributed by atoms with Gasteiger partial charge in [-0.3, -0.25) is 0 Å². The van der Waals surface area contributed by atoms with Crippen LogP contribution in [0.1, 0.15) is 0 Å². The summed E-state index contributed by atoms with van der Waals surface area (Å²) in [6.45, 7) is 0. The molecule has 0 nitrogen and oxygen atoms in total. The second-order valence-electron chi connectivity index (χ2n) is 0. The molecule has 0 rings (SSSR count). The molecule has 5 heavy (non-hydrogen) atoms. The molecule has 0 spiro atoms. The fourth-order valence-corrected chi connectivity index (χ4v) is 0. The molecular formula is HAl2S3-. The Morgan fingerprint density at radius 2 is 0.800 bits per heavy atom. The zero-order chi connectivity index (χ0) is 4.00. The molecule has 0 aromatic rings. The first-order chi connectivity index (χ1) is 2.00. The minimum Gasteiger partial charge on any atom is -0.813 e. The van der Waals surface area contributed by atoms with Crippen LogP contribution in [0.15, 0.2) is 0 Å². The van der Waals surface area contributed by atoms with Crippen molar-refractivity contribution in [3.8, 4) is 0 Å². The van der Waals surface area contributed by atoms with Crippen molar-refractivity contribution >= 4 is 63.8 Å². The Labute approximate surface area is 63.3 Å². The molecule has 0 saturated heterocycles. The third kappa shape index (κ3) is 25.3. The smallest absolute Gasteiger partial charge is 0.813 e.